The number of carboxylic acid groups (broad SMARTS) is 1. The van der Waals surface area contributed by atoms with Crippen LogP contribution in [-0.2, 0) is 4.79 Å². The summed E-state index contributed by atoms with van der Waals surface area (Å²) in [6.07, 6.45) is 0.507. The minimum absolute atomic E-state index is 0.0573. The SMILES string of the molecule is O=C(O)CCCNc1nc2cc(C(=O)N3CCN(c4ccc(F)cc4)CC3)ccc2nc1-c1ccccc1. The topological polar surface area (TPSA) is 98.7 Å². The van der Waals surface area contributed by atoms with E-state index < -0.39 is 5.97 Å². The summed E-state index contributed by atoms with van der Waals surface area (Å²) >= 11 is 0. The highest BCUT2D eigenvalue weighted by atomic mass is 19.1. The molecule has 0 radical (unpaired) electrons. The van der Waals surface area contributed by atoms with Gasteiger partial charge in [0.2, 0.25) is 0 Å². The highest BCUT2D eigenvalue weighted by Gasteiger charge is 2.23. The molecule has 38 heavy (non-hydrogen) atoms. The summed E-state index contributed by atoms with van der Waals surface area (Å²) in [5, 5.41) is 12.2. The Labute approximate surface area is 219 Å². The van der Waals surface area contributed by atoms with Gasteiger partial charge < -0.3 is 20.2 Å². The third kappa shape index (κ3) is 5.72. The van der Waals surface area contributed by atoms with Crippen LogP contribution in [0.1, 0.15) is 23.2 Å². The van der Waals surface area contributed by atoms with E-state index in [0.29, 0.717) is 67.3 Å². The molecule has 5 rings (SSSR count). The molecule has 3 aromatic carbocycles. The van der Waals surface area contributed by atoms with Gasteiger partial charge in [-0.05, 0) is 48.9 Å². The number of aliphatic carboxylic acids is 1. The van der Waals surface area contributed by atoms with Crippen LogP contribution in [0, 0.1) is 5.82 Å². The molecule has 0 atom stereocenters. The number of hydrogen-bond acceptors (Lipinski definition) is 6. The predicted molar refractivity (Wildman–Crippen MR) is 145 cm³/mol. The average molecular weight is 514 g/mol. The van der Waals surface area contributed by atoms with Crippen molar-refractivity contribution in [3.63, 3.8) is 0 Å². The van der Waals surface area contributed by atoms with Crippen LogP contribution in [0.5, 0.6) is 0 Å². The van der Waals surface area contributed by atoms with Gasteiger partial charge in [-0.25, -0.2) is 14.4 Å². The third-order valence-corrected chi connectivity index (χ3v) is 6.58. The Bertz CT molecular complexity index is 1440. The number of anilines is 2. The molecular weight excluding hydrogens is 485 g/mol. The van der Waals surface area contributed by atoms with E-state index in [1.807, 2.05) is 41.3 Å². The minimum Gasteiger partial charge on any atom is -0.481 e. The number of amides is 1. The zero-order valence-corrected chi connectivity index (χ0v) is 20.8. The van der Waals surface area contributed by atoms with Gasteiger partial charge in [-0.3, -0.25) is 9.59 Å². The first-order valence-corrected chi connectivity index (χ1v) is 12.6. The van der Waals surface area contributed by atoms with Crippen molar-refractivity contribution < 1.29 is 19.1 Å². The quantitative estimate of drug-likeness (QED) is 0.330. The zero-order chi connectivity index (χ0) is 26.5. The summed E-state index contributed by atoms with van der Waals surface area (Å²) < 4.78 is 13.3. The fourth-order valence-corrected chi connectivity index (χ4v) is 4.56. The number of benzene rings is 3. The number of halogens is 1. The number of nitrogens with zero attached hydrogens (tertiary/aromatic N) is 4. The fourth-order valence-electron chi connectivity index (χ4n) is 4.56. The lowest BCUT2D eigenvalue weighted by Crippen LogP contribution is -2.48. The molecule has 9 heteroatoms. The molecule has 0 saturated carbocycles. The Morgan fingerprint density at radius 3 is 2.34 bits per heavy atom. The molecule has 1 fully saturated rings. The van der Waals surface area contributed by atoms with E-state index in [1.165, 1.54) is 12.1 Å². The number of aromatic nitrogens is 2. The summed E-state index contributed by atoms with van der Waals surface area (Å²) in [5.74, 6) is -0.639. The van der Waals surface area contributed by atoms with Crippen LogP contribution < -0.4 is 10.2 Å². The maximum atomic E-state index is 13.3. The minimum atomic E-state index is -0.846. The molecule has 8 nitrogen and oxygen atoms in total. The maximum Gasteiger partial charge on any atom is 0.303 e. The van der Waals surface area contributed by atoms with E-state index in [0.717, 1.165) is 11.3 Å². The lowest BCUT2D eigenvalue weighted by atomic mass is 10.1. The second-order valence-electron chi connectivity index (χ2n) is 9.17. The Morgan fingerprint density at radius 2 is 1.63 bits per heavy atom. The number of rotatable bonds is 8. The summed E-state index contributed by atoms with van der Waals surface area (Å²) in [6, 6.07) is 21.4. The summed E-state index contributed by atoms with van der Waals surface area (Å²) in [5.41, 5.74) is 4.29. The van der Waals surface area contributed by atoms with E-state index >= 15 is 0 Å². The number of hydrogen-bond donors (Lipinski definition) is 2. The molecule has 0 unspecified atom stereocenters. The zero-order valence-electron chi connectivity index (χ0n) is 20.8. The molecular formula is C29H28FN5O3. The van der Waals surface area contributed by atoms with Crippen LogP contribution in [0.15, 0.2) is 72.8 Å². The van der Waals surface area contributed by atoms with Gasteiger partial charge in [-0.2, -0.15) is 0 Å². The second-order valence-corrected chi connectivity index (χ2v) is 9.17. The number of nitrogens with one attached hydrogen (secondary N) is 1. The van der Waals surface area contributed by atoms with Gasteiger partial charge in [0.05, 0.1) is 11.0 Å². The molecule has 1 aromatic heterocycles. The average Bonchev–Trinajstić information content (AvgIpc) is 2.95. The van der Waals surface area contributed by atoms with E-state index in [2.05, 4.69) is 10.2 Å². The van der Waals surface area contributed by atoms with Crippen molar-refractivity contribution in [1.82, 2.24) is 14.9 Å². The molecule has 4 aromatic rings. The monoisotopic (exact) mass is 513 g/mol. The van der Waals surface area contributed by atoms with Crippen LogP contribution in [0.2, 0.25) is 0 Å². The standard InChI is InChI=1S/C29H28FN5O3/c30-22-9-11-23(12-10-22)34-15-17-35(18-16-34)29(38)21-8-13-24-25(19-21)33-28(31-14-4-7-26(36)37)27(32-24)20-5-2-1-3-6-20/h1-3,5-6,8-13,19H,4,7,14-18H2,(H,31,33)(H,36,37). The lowest BCUT2D eigenvalue weighted by molar-refractivity contribution is -0.137. The lowest BCUT2D eigenvalue weighted by Gasteiger charge is -2.36. The van der Waals surface area contributed by atoms with Crippen molar-refractivity contribution in [2.45, 2.75) is 12.8 Å². The van der Waals surface area contributed by atoms with Crippen molar-refractivity contribution in [2.75, 3.05) is 42.9 Å². The Hall–Kier alpha value is -4.53. The van der Waals surface area contributed by atoms with Gasteiger partial charge >= 0.3 is 5.97 Å². The Balaban J connectivity index is 1.35. The molecule has 0 aliphatic carbocycles. The number of carbonyl (C=O) groups excluding carboxylic acids is 1. The van der Waals surface area contributed by atoms with Crippen LogP contribution in [-0.4, -0.2) is 64.6 Å². The predicted octanol–water partition coefficient (Wildman–Crippen LogP) is 4.68. The van der Waals surface area contributed by atoms with E-state index in [1.54, 1.807) is 24.3 Å². The number of carboxylic acids is 1. The molecule has 0 bridgehead atoms. The van der Waals surface area contributed by atoms with Crippen molar-refractivity contribution in [3.05, 3.63) is 84.2 Å². The van der Waals surface area contributed by atoms with Crippen molar-refractivity contribution in [3.8, 4) is 11.3 Å². The highest BCUT2D eigenvalue weighted by Crippen LogP contribution is 2.28. The molecule has 2 heterocycles. The van der Waals surface area contributed by atoms with Crippen LogP contribution in [0.3, 0.4) is 0 Å². The van der Waals surface area contributed by atoms with E-state index in [-0.39, 0.29) is 18.1 Å². The van der Waals surface area contributed by atoms with E-state index in [4.69, 9.17) is 15.1 Å². The summed E-state index contributed by atoms with van der Waals surface area (Å²) in [4.78, 5) is 37.8. The van der Waals surface area contributed by atoms with Gasteiger partial charge in [0.25, 0.3) is 5.91 Å². The molecule has 2 N–H and O–H groups in total. The first kappa shape index (κ1) is 25.1. The van der Waals surface area contributed by atoms with Gasteiger partial charge in [-0.15, -0.1) is 0 Å². The number of carbonyl (C=O) groups is 2. The smallest absolute Gasteiger partial charge is 0.303 e. The fraction of sp³-hybridized carbons (Fsp3) is 0.241. The van der Waals surface area contributed by atoms with Gasteiger partial charge in [-0.1, -0.05) is 30.3 Å². The molecule has 1 aliphatic heterocycles. The van der Waals surface area contributed by atoms with Gasteiger partial charge in [0, 0.05) is 56.0 Å². The maximum absolute atomic E-state index is 13.3. The molecule has 1 aliphatic rings. The molecule has 0 spiro atoms. The van der Waals surface area contributed by atoms with Crippen LogP contribution in [0.4, 0.5) is 15.9 Å². The first-order chi connectivity index (χ1) is 18.5. The van der Waals surface area contributed by atoms with Crippen LogP contribution in [0.25, 0.3) is 22.3 Å². The summed E-state index contributed by atoms with van der Waals surface area (Å²) in [7, 11) is 0. The van der Waals surface area contributed by atoms with Crippen molar-refractivity contribution >= 4 is 34.4 Å². The largest absolute Gasteiger partial charge is 0.481 e. The van der Waals surface area contributed by atoms with Gasteiger partial charge in [0.1, 0.15) is 11.5 Å². The van der Waals surface area contributed by atoms with E-state index in [9.17, 15) is 14.0 Å². The number of fused-ring (bicyclic) bond motifs is 1. The first-order valence-electron chi connectivity index (χ1n) is 12.6. The van der Waals surface area contributed by atoms with Gasteiger partial charge in [0.15, 0.2) is 5.82 Å². The normalized spacial score (nSPS) is 13.5. The number of piperazine rings is 1. The van der Waals surface area contributed by atoms with Crippen molar-refractivity contribution in [2.24, 2.45) is 0 Å². The van der Waals surface area contributed by atoms with Crippen molar-refractivity contribution in [1.29, 1.82) is 0 Å². The molecule has 1 amide bonds. The molecule has 194 valence electrons. The Kier molecular flexibility index (Phi) is 7.44. The van der Waals surface area contributed by atoms with Crippen LogP contribution >= 0.6 is 0 Å². The highest BCUT2D eigenvalue weighted by molar-refractivity contribution is 5.98. The third-order valence-electron chi connectivity index (χ3n) is 6.58. The Morgan fingerprint density at radius 1 is 0.895 bits per heavy atom. The molecule has 1 saturated heterocycles. The summed E-state index contributed by atoms with van der Waals surface area (Å²) in [6.45, 7) is 2.88. The second kappa shape index (κ2) is 11.2.